The van der Waals surface area contributed by atoms with Gasteiger partial charge in [0.2, 0.25) is 0 Å². The van der Waals surface area contributed by atoms with Gasteiger partial charge in [-0.3, -0.25) is 9.69 Å². The molecule has 4 atom stereocenters. The molecule has 2 aliphatic carbocycles. The number of esters is 1. The lowest BCUT2D eigenvalue weighted by molar-refractivity contribution is -0.150. The first-order chi connectivity index (χ1) is 9.74. The standard InChI is InChI=1S/C15H24N2O3/c1-2-20-15(18)12-4-3-7-17(9-12)14-11-6-5-10(8-11)13(14)16-19/h10-12,14,19H,2-9H2,1H3/b16-13-/t10-,11+,12-,14+/m0/s1. The maximum Gasteiger partial charge on any atom is 0.310 e. The Morgan fingerprint density at radius 3 is 3.05 bits per heavy atom. The fraction of sp³-hybridized carbons (Fsp3) is 0.867. The van der Waals surface area contributed by atoms with Gasteiger partial charge in [0.25, 0.3) is 0 Å². The van der Waals surface area contributed by atoms with E-state index in [-0.39, 0.29) is 17.9 Å². The van der Waals surface area contributed by atoms with Gasteiger partial charge in [-0.2, -0.15) is 0 Å². The Balaban J connectivity index is 1.69. The zero-order chi connectivity index (χ0) is 14.1. The number of ether oxygens (including phenoxy) is 1. The highest BCUT2D eigenvalue weighted by Crippen LogP contribution is 2.45. The predicted molar refractivity (Wildman–Crippen MR) is 74.8 cm³/mol. The fourth-order valence-electron chi connectivity index (χ4n) is 4.39. The number of oxime groups is 1. The van der Waals surface area contributed by atoms with E-state index in [2.05, 4.69) is 10.1 Å². The Morgan fingerprint density at radius 1 is 1.45 bits per heavy atom. The molecule has 2 saturated carbocycles. The van der Waals surface area contributed by atoms with E-state index in [0.717, 1.165) is 44.5 Å². The zero-order valence-corrected chi connectivity index (χ0v) is 12.1. The molecular formula is C15H24N2O3. The summed E-state index contributed by atoms with van der Waals surface area (Å²) in [6.07, 6.45) is 5.49. The van der Waals surface area contributed by atoms with Crippen molar-refractivity contribution in [1.82, 2.24) is 4.90 Å². The molecule has 5 heteroatoms. The van der Waals surface area contributed by atoms with Crippen LogP contribution in [0.25, 0.3) is 0 Å². The summed E-state index contributed by atoms with van der Waals surface area (Å²) in [6.45, 7) is 4.06. The monoisotopic (exact) mass is 280 g/mol. The van der Waals surface area contributed by atoms with Gasteiger partial charge in [-0.05, 0) is 51.5 Å². The summed E-state index contributed by atoms with van der Waals surface area (Å²) in [5, 5.41) is 12.9. The highest BCUT2D eigenvalue weighted by molar-refractivity contribution is 5.94. The Kier molecular flexibility index (Phi) is 3.96. The molecule has 0 amide bonds. The van der Waals surface area contributed by atoms with E-state index < -0.39 is 0 Å². The number of fused-ring (bicyclic) bond motifs is 2. The van der Waals surface area contributed by atoms with E-state index in [1.54, 1.807) is 0 Å². The van der Waals surface area contributed by atoms with Crippen molar-refractivity contribution in [3.05, 3.63) is 0 Å². The highest BCUT2D eigenvalue weighted by Gasteiger charge is 2.49. The third-order valence-electron chi connectivity index (χ3n) is 5.22. The van der Waals surface area contributed by atoms with Gasteiger partial charge in [0.05, 0.1) is 24.3 Å². The average molecular weight is 280 g/mol. The van der Waals surface area contributed by atoms with Crippen LogP contribution in [-0.4, -0.2) is 47.5 Å². The molecule has 0 unspecified atom stereocenters. The second-order valence-corrected chi connectivity index (χ2v) is 6.33. The normalized spacial score (nSPS) is 39.4. The van der Waals surface area contributed by atoms with Gasteiger partial charge in [-0.1, -0.05) is 5.16 Å². The van der Waals surface area contributed by atoms with Crippen LogP contribution < -0.4 is 0 Å². The van der Waals surface area contributed by atoms with Crippen LogP contribution in [0.3, 0.4) is 0 Å². The Labute approximate surface area is 120 Å². The molecule has 1 heterocycles. The van der Waals surface area contributed by atoms with Crippen molar-refractivity contribution in [1.29, 1.82) is 0 Å². The third kappa shape index (κ3) is 2.32. The number of hydrogen-bond donors (Lipinski definition) is 1. The molecule has 5 nitrogen and oxygen atoms in total. The maximum atomic E-state index is 11.9. The van der Waals surface area contributed by atoms with Gasteiger partial charge < -0.3 is 9.94 Å². The van der Waals surface area contributed by atoms with Crippen LogP contribution in [-0.2, 0) is 9.53 Å². The molecular weight excluding hydrogens is 256 g/mol. The number of rotatable bonds is 3. The summed E-state index contributed by atoms with van der Waals surface area (Å²) in [6, 6.07) is 0.260. The summed E-state index contributed by atoms with van der Waals surface area (Å²) >= 11 is 0. The lowest BCUT2D eigenvalue weighted by Gasteiger charge is -2.39. The largest absolute Gasteiger partial charge is 0.466 e. The molecule has 0 aromatic rings. The van der Waals surface area contributed by atoms with Gasteiger partial charge in [0, 0.05) is 12.5 Å². The summed E-state index contributed by atoms with van der Waals surface area (Å²) < 4.78 is 5.16. The molecule has 3 rings (SSSR count). The average Bonchev–Trinajstić information content (AvgIpc) is 3.08. The number of hydrogen-bond acceptors (Lipinski definition) is 5. The van der Waals surface area contributed by atoms with Crippen molar-refractivity contribution in [2.45, 2.75) is 45.1 Å². The predicted octanol–water partition coefficient (Wildman–Crippen LogP) is 1.89. The smallest absolute Gasteiger partial charge is 0.310 e. The minimum Gasteiger partial charge on any atom is -0.466 e. The summed E-state index contributed by atoms with van der Waals surface area (Å²) in [7, 11) is 0. The summed E-state index contributed by atoms with van der Waals surface area (Å²) in [5.74, 6) is 1.01. The molecule has 3 aliphatic rings. The van der Waals surface area contributed by atoms with E-state index in [4.69, 9.17) is 4.74 Å². The van der Waals surface area contributed by atoms with Gasteiger partial charge in [0.1, 0.15) is 0 Å². The van der Waals surface area contributed by atoms with Crippen LogP contribution in [0.2, 0.25) is 0 Å². The second kappa shape index (κ2) is 5.72. The van der Waals surface area contributed by atoms with E-state index >= 15 is 0 Å². The second-order valence-electron chi connectivity index (χ2n) is 6.33. The number of nitrogens with zero attached hydrogens (tertiary/aromatic N) is 2. The molecule has 0 aromatic heterocycles. The molecule has 1 aliphatic heterocycles. The SMILES string of the molecule is CCOC(=O)[C@H]1CCCN([C@H]2/C(=N\O)[C@H]3CC[C@@H]2C3)C1. The highest BCUT2D eigenvalue weighted by atomic mass is 16.5. The molecule has 3 fully saturated rings. The van der Waals surface area contributed by atoms with Crippen LogP contribution in [0.4, 0.5) is 0 Å². The molecule has 0 spiro atoms. The van der Waals surface area contributed by atoms with Crippen LogP contribution in [0, 0.1) is 17.8 Å². The van der Waals surface area contributed by atoms with E-state index in [1.165, 1.54) is 6.42 Å². The van der Waals surface area contributed by atoms with Gasteiger partial charge >= 0.3 is 5.97 Å². The number of carbonyl (C=O) groups is 1. The molecule has 0 aromatic carbocycles. The summed E-state index contributed by atoms with van der Waals surface area (Å²) in [4.78, 5) is 14.3. The topological polar surface area (TPSA) is 62.1 Å². The van der Waals surface area contributed by atoms with E-state index in [0.29, 0.717) is 18.4 Å². The first-order valence-corrected chi connectivity index (χ1v) is 7.87. The number of piperidine rings is 1. The zero-order valence-electron chi connectivity index (χ0n) is 12.1. The van der Waals surface area contributed by atoms with Crippen LogP contribution in [0.15, 0.2) is 5.16 Å². The Hall–Kier alpha value is -1.10. The fourth-order valence-corrected chi connectivity index (χ4v) is 4.39. The van der Waals surface area contributed by atoms with Gasteiger partial charge in [0.15, 0.2) is 0 Å². The lowest BCUT2D eigenvalue weighted by Crippen LogP contribution is -2.50. The molecule has 1 N–H and O–H groups in total. The van der Waals surface area contributed by atoms with E-state index in [9.17, 15) is 10.0 Å². The van der Waals surface area contributed by atoms with E-state index in [1.807, 2.05) is 6.92 Å². The van der Waals surface area contributed by atoms with Crippen LogP contribution in [0.5, 0.6) is 0 Å². The first kappa shape index (κ1) is 13.9. The van der Waals surface area contributed by atoms with Crippen molar-refractivity contribution in [2.24, 2.45) is 22.9 Å². The quantitative estimate of drug-likeness (QED) is 0.487. The Morgan fingerprint density at radius 2 is 2.30 bits per heavy atom. The van der Waals surface area contributed by atoms with Crippen molar-refractivity contribution < 1.29 is 14.7 Å². The molecule has 2 bridgehead atoms. The summed E-state index contributed by atoms with van der Waals surface area (Å²) in [5.41, 5.74) is 0.964. The van der Waals surface area contributed by atoms with Crippen molar-refractivity contribution in [3.8, 4) is 0 Å². The van der Waals surface area contributed by atoms with Crippen LogP contribution >= 0.6 is 0 Å². The van der Waals surface area contributed by atoms with Gasteiger partial charge in [-0.15, -0.1) is 0 Å². The molecule has 1 saturated heterocycles. The molecule has 20 heavy (non-hydrogen) atoms. The van der Waals surface area contributed by atoms with Crippen molar-refractivity contribution in [3.63, 3.8) is 0 Å². The van der Waals surface area contributed by atoms with Crippen LogP contribution in [0.1, 0.15) is 39.0 Å². The molecule has 112 valence electrons. The maximum absolute atomic E-state index is 11.9. The number of likely N-dealkylation sites (tertiary alicyclic amines) is 1. The van der Waals surface area contributed by atoms with Crippen molar-refractivity contribution >= 4 is 11.7 Å². The lowest BCUT2D eigenvalue weighted by atomic mass is 9.88. The minimum absolute atomic E-state index is 0.0113. The Bertz CT molecular complexity index is 410. The minimum atomic E-state index is -0.0668. The van der Waals surface area contributed by atoms with Gasteiger partial charge in [-0.25, -0.2) is 0 Å². The third-order valence-corrected chi connectivity index (χ3v) is 5.22. The first-order valence-electron chi connectivity index (χ1n) is 7.87. The van der Waals surface area contributed by atoms with Crippen molar-refractivity contribution in [2.75, 3.05) is 19.7 Å². The molecule has 0 radical (unpaired) electrons. The number of carbonyl (C=O) groups excluding carboxylic acids is 1.